The average molecular weight is 266 g/mol. The predicted molar refractivity (Wildman–Crippen MR) is 72.2 cm³/mol. The first-order valence-corrected chi connectivity index (χ1v) is 6.69. The van der Waals surface area contributed by atoms with E-state index >= 15 is 0 Å². The van der Waals surface area contributed by atoms with Gasteiger partial charge in [0.2, 0.25) is 0 Å². The van der Waals surface area contributed by atoms with Crippen molar-refractivity contribution in [3.8, 4) is 0 Å². The van der Waals surface area contributed by atoms with E-state index in [4.69, 9.17) is 4.74 Å². The van der Waals surface area contributed by atoms with E-state index in [2.05, 4.69) is 34.4 Å². The number of nitrogens with zero attached hydrogens (tertiary/aromatic N) is 2. The molecule has 1 amide bonds. The Morgan fingerprint density at radius 3 is 2.84 bits per heavy atom. The van der Waals surface area contributed by atoms with Crippen LogP contribution in [0, 0.1) is 13.8 Å². The number of ether oxygens (including phenoxy) is 1. The Morgan fingerprint density at radius 2 is 2.26 bits per heavy atom. The number of hydrogen-bond donors (Lipinski definition) is 2. The predicted octanol–water partition coefficient (Wildman–Crippen LogP) is 0.999. The van der Waals surface area contributed by atoms with Crippen LogP contribution in [-0.2, 0) is 11.2 Å². The normalized spacial score (nSPS) is 18.7. The smallest absolute Gasteiger partial charge is 0.407 e. The summed E-state index contributed by atoms with van der Waals surface area (Å²) in [4.78, 5) is 13.1. The standard InChI is InChI=1S/C13H22N4O2/c1-9-12(10(2)16-15-9)5-4-6-17(3)8-11-7-14-13(18)19-11/h11H,4-8H2,1-3H3,(H,14,18)(H,15,16). The first-order valence-electron chi connectivity index (χ1n) is 6.69. The van der Waals surface area contributed by atoms with Gasteiger partial charge in [0.1, 0.15) is 6.10 Å². The third-order valence-electron chi connectivity index (χ3n) is 3.51. The molecule has 2 N–H and O–H groups in total. The lowest BCUT2D eigenvalue weighted by molar-refractivity contribution is 0.116. The fourth-order valence-electron chi connectivity index (χ4n) is 2.44. The Bertz CT molecular complexity index is 424. The molecule has 0 bridgehead atoms. The molecule has 1 aliphatic heterocycles. The number of aromatic amines is 1. The van der Waals surface area contributed by atoms with Gasteiger partial charge in [-0.15, -0.1) is 0 Å². The number of nitrogens with one attached hydrogen (secondary N) is 2. The molecule has 0 aliphatic carbocycles. The Balaban J connectivity index is 1.69. The van der Waals surface area contributed by atoms with Gasteiger partial charge in [-0.25, -0.2) is 4.79 Å². The van der Waals surface area contributed by atoms with Crippen molar-refractivity contribution in [2.45, 2.75) is 32.8 Å². The fourth-order valence-corrected chi connectivity index (χ4v) is 2.44. The molecule has 2 heterocycles. The van der Waals surface area contributed by atoms with E-state index in [0.717, 1.165) is 37.3 Å². The van der Waals surface area contributed by atoms with Crippen LogP contribution in [0.1, 0.15) is 23.4 Å². The van der Waals surface area contributed by atoms with Gasteiger partial charge in [-0.05, 0) is 45.8 Å². The summed E-state index contributed by atoms with van der Waals surface area (Å²) in [5, 5.41) is 9.88. The molecule has 0 saturated carbocycles. The van der Waals surface area contributed by atoms with E-state index in [9.17, 15) is 4.79 Å². The number of aromatic nitrogens is 2. The SMILES string of the molecule is Cc1n[nH]c(C)c1CCCN(C)CC1CNC(=O)O1. The minimum Gasteiger partial charge on any atom is -0.443 e. The van der Waals surface area contributed by atoms with Gasteiger partial charge in [-0.1, -0.05) is 0 Å². The molecule has 1 unspecified atom stereocenters. The van der Waals surface area contributed by atoms with Crippen LogP contribution in [0.3, 0.4) is 0 Å². The molecule has 1 aromatic heterocycles. The molecule has 1 fully saturated rings. The van der Waals surface area contributed by atoms with Crippen molar-refractivity contribution in [1.82, 2.24) is 20.4 Å². The van der Waals surface area contributed by atoms with Gasteiger partial charge in [0.15, 0.2) is 0 Å². The minimum atomic E-state index is -0.303. The number of rotatable bonds is 6. The summed E-state index contributed by atoms with van der Waals surface area (Å²) in [6, 6.07) is 0. The summed E-state index contributed by atoms with van der Waals surface area (Å²) < 4.78 is 5.12. The summed E-state index contributed by atoms with van der Waals surface area (Å²) in [7, 11) is 2.06. The third kappa shape index (κ3) is 3.70. The quantitative estimate of drug-likeness (QED) is 0.806. The number of likely N-dealkylation sites (N-methyl/N-ethyl adjacent to an activating group) is 1. The summed E-state index contributed by atoms with van der Waals surface area (Å²) in [6.45, 7) is 6.47. The van der Waals surface area contributed by atoms with Crippen LogP contribution in [-0.4, -0.2) is 54.0 Å². The van der Waals surface area contributed by atoms with Gasteiger partial charge in [-0.2, -0.15) is 5.10 Å². The van der Waals surface area contributed by atoms with E-state index in [-0.39, 0.29) is 12.2 Å². The topological polar surface area (TPSA) is 70.2 Å². The molecule has 1 aliphatic rings. The monoisotopic (exact) mass is 266 g/mol. The zero-order valence-electron chi connectivity index (χ0n) is 11.8. The highest BCUT2D eigenvalue weighted by molar-refractivity contribution is 5.69. The summed E-state index contributed by atoms with van der Waals surface area (Å²) >= 11 is 0. The highest BCUT2D eigenvalue weighted by Gasteiger charge is 2.23. The van der Waals surface area contributed by atoms with Crippen molar-refractivity contribution < 1.29 is 9.53 Å². The largest absolute Gasteiger partial charge is 0.443 e. The van der Waals surface area contributed by atoms with Crippen molar-refractivity contribution in [3.05, 3.63) is 17.0 Å². The molecule has 19 heavy (non-hydrogen) atoms. The summed E-state index contributed by atoms with van der Waals surface area (Å²) in [5.74, 6) is 0. The van der Waals surface area contributed by atoms with Gasteiger partial charge in [0.05, 0.1) is 12.2 Å². The van der Waals surface area contributed by atoms with Crippen LogP contribution in [0.2, 0.25) is 0 Å². The first-order chi connectivity index (χ1) is 9.06. The Morgan fingerprint density at radius 1 is 1.47 bits per heavy atom. The van der Waals surface area contributed by atoms with Crippen molar-refractivity contribution in [2.24, 2.45) is 0 Å². The number of cyclic esters (lactones) is 1. The van der Waals surface area contributed by atoms with Crippen LogP contribution in [0.4, 0.5) is 4.79 Å². The second-order valence-electron chi connectivity index (χ2n) is 5.19. The Labute approximate surface area is 113 Å². The van der Waals surface area contributed by atoms with Gasteiger partial charge in [0, 0.05) is 12.2 Å². The Kier molecular flexibility index (Phi) is 4.42. The molecule has 6 nitrogen and oxygen atoms in total. The van der Waals surface area contributed by atoms with Crippen molar-refractivity contribution in [2.75, 3.05) is 26.7 Å². The maximum atomic E-state index is 10.9. The third-order valence-corrected chi connectivity index (χ3v) is 3.51. The van der Waals surface area contributed by atoms with E-state index in [1.807, 2.05) is 6.92 Å². The van der Waals surface area contributed by atoms with Gasteiger partial charge in [0.25, 0.3) is 0 Å². The van der Waals surface area contributed by atoms with Crippen LogP contribution >= 0.6 is 0 Å². The number of alkyl carbamates (subject to hydrolysis) is 1. The second kappa shape index (κ2) is 6.06. The van der Waals surface area contributed by atoms with Crippen LogP contribution in [0.5, 0.6) is 0 Å². The minimum absolute atomic E-state index is 0.0186. The lowest BCUT2D eigenvalue weighted by atomic mass is 10.1. The lowest BCUT2D eigenvalue weighted by Gasteiger charge is -2.19. The molecule has 1 saturated heterocycles. The first kappa shape index (κ1) is 13.9. The molecule has 1 aromatic rings. The number of carbonyl (C=O) groups excluding carboxylic acids is 1. The zero-order valence-corrected chi connectivity index (χ0v) is 11.8. The van der Waals surface area contributed by atoms with Crippen molar-refractivity contribution in [3.63, 3.8) is 0 Å². The summed E-state index contributed by atoms with van der Waals surface area (Å²) in [6.07, 6.45) is 1.78. The number of H-pyrrole nitrogens is 1. The number of hydrogen-bond acceptors (Lipinski definition) is 4. The molecule has 0 aromatic carbocycles. The van der Waals surface area contributed by atoms with Gasteiger partial charge < -0.3 is 15.0 Å². The van der Waals surface area contributed by atoms with Crippen LogP contribution in [0.15, 0.2) is 0 Å². The molecular weight excluding hydrogens is 244 g/mol. The van der Waals surface area contributed by atoms with Crippen LogP contribution in [0.25, 0.3) is 0 Å². The van der Waals surface area contributed by atoms with Crippen molar-refractivity contribution >= 4 is 6.09 Å². The molecule has 0 spiro atoms. The van der Waals surface area contributed by atoms with Crippen molar-refractivity contribution in [1.29, 1.82) is 0 Å². The highest BCUT2D eigenvalue weighted by Crippen LogP contribution is 2.12. The van der Waals surface area contributed by atoms with E-state index < -0.39 is 0 Å². The maximum absolute atomic E-state index is 10.9. The Hall–Kier alpha value is -1.56. The molecule has 106 valence electrons. The second-order valence-corrected chi connectivity index (χ2v) is 5.19. The van der Waals surface area contributed by atoms with E-state index in [1.165, 1.54) is 5.56 Å². The maximum Gasteiger partial charge on any atom is 0.407 e. The zero-order chi connectivity index (χ0) is 13.8. The molecule has 2 rings (SSSR count). The fraction of sp³-hybridized carbons (Fsp3) is 0.692. The summed E-state index contributed by atoms with van der Waals surface area (Å²) in [5.41, 5.74) is 3.57. The van der Waals surface area contributed by atoms with Gasteiger partial charge >= 0.3 is 6.09 Å². The number of amides is 1. The number of aryl methyl sites for hydroxylation is 2. The molecular formula is C13H22N4O2. The number of carbonyl (C=O) groups is 1. The van der Waals surface area contributed by atoms with Gasteiger partial charge in [-0.3, -0.25) is 5.10 Å². The molecule has 1 atom stereocenters. The molecule has 6 heteroatoms. The average Bonchev–Trinajstić information content (AvgIpc) is 2.89. The lowest BCUT2D eigenvalue weighted by Crippen LogP contribution is -2.32. The molecule has 0 radical (unpaired) electrons. The highest BCUT2D eigenvalue weighted by atomic mass is 16.6. The van der Waals surface area contributed by atoms with E-state index in [0.29, 0.717) is 6.54 Å². The van der Waals surface area contributed by atoms with E-state index in [1.54, 1.807) is 0 Å². The van der Waals surface area contributed by atoms with Crippen LogP contribution < -0.4 is 5.32 Å².